The second kappa shape index (κ2) is 11.1. The number of benzene rings is 1. The maximum absolute atomic E-state index is 14.4. The fourth-order valence-corrected chi connectivity index (χ4v) is 6.15. The van der Waals surface area contributed by atoms with Gasteiger partial charge in [0.2, 0.25) is 5.91 Å². The van der Waals surface area contributed by atoms with Crippen LogP contribution in [0.2, 0.25) is 0 Å². The van der Waals surface area contributed by atoms with Crippen molar-refractivity contribution in [3.05, 3.63) is 49.6 Å². The first kappa shape index (κ1) is 26.9. The zero-order valence-corrected chi connectivity index (χ0v) is 21.5. The number of ether oxygens (including phenoxy) is 3. The molecule has 2 amide bonds. The summed E-state index contributed by atoms with van der Waals surface area (Å²) >= 11 is 0. The van der Waals surface area contributed by atoms with Crippen molar-refractivity contribution < 1.29 is 33.7 Å². The van der Waals surface area contributed by atoms with Crippen LogP contribution in [0.4, 0.5) is 5.69 Å². The lowest BCUT2D eigenvalue weighted by Crippen LogP contribution is -2.59. The van der Waals surface area contributed by atoms with Gasteiger partial charge in [0.25, 0.3) is 5.91 Å². The van der Waals surface area contributed by atoms with E-state index in [9.17, 15) is 19.5 Å². The van der Waals surface area contributed by atoms with Crippen LogP contribution in [0.15, 0.2) is 49.6 Å². The fraction of sp³-hybridized carbons (Fsp3) is 0.536. The third kappa shape index (κ3) is 4.44. The van der Waals surface area contributed by atoms with E-state index >= 15 is 0 Å². The number of hydrogen-bond donors (Lipinski definition) is 1. The van der Waals surface area contributed by atoms with Crippen LogP contribution in [-0.2, 0) is 23.9 Å². The van der Waals surface area contributed by atoms with E-state index in [2.05, 4.69) is 13.2 Å². The maximum atomic E-state index is 14.4. The molecule has 0 radical (unpaired) electrons. The Bertz CT molecular complexity index is 1040. The SMILES string of the molecule is C=CCCOC(=O)[C@@H]1[C@@H]2CCC3(O2)C(C(=O)N(CC=C)c2ccc(OC)cc2)N([C@@H](CC)CO)C(=O)[C@H]13. The molecule has 2 unspecified atom stereocenters. The lowest BCUT2D eigenvalue weighted by Gasteiger charge is -2.39. The van der Waals surface area contributed by atoms with E-state index in [4.69, 9.17) is 14.2 Å². The molecule has 2 bridgehead atoms. The average molecular weight is 513 g/mol. The van der Waals surface area contributed by atoms with Gasteiger partial charge in [-0.2, -0.15) is 0 Å². The molecule has 3 saturated heterocycles. The summed E-state index contributed by atoms with van der Waals surface area (Å²) in [6.07, 6.45) is 4.73. The number of aliphatic hydroxyl groups excluding tert-OH is 1. The third-order valence-electron chi connectivity index (χ3n) is 7.85. The molecule has 1 aromatic rings. The van der Waals surface area contributed by atoms with Gasteiger partial charge in [-0.3, -0.25) is 14.4 Å². The van der Waals surface area contributed by atoms with Crippen molar-refractivity contribution >= 4 is 23.5 Å². The van der Waals surface area contributed by atoms with Crippen molar-refractivity contribution in [1.29, 1.82) is 0 Å². The number of carbonyl (C=O) groups is 3. The highest BCUT2D eigenvalue weighted by atomic mass is 16.6. The normalized spacial score (nSPS) is 28.5. The van der Waals surface area contributed by atoms with Crippen LogP contribution < -0.4 is 9.64 Å². The first-order valence-electron chi connectivity index (χ1n) is 12.8. The lowest BCUT2D eigenvalue weighted by molar-refractivity contribution is -0.155. The number of methoxy groups -OCH3 is 1. The average Bonchev–Trinajstić information content (AvgIpc) is 3.56. The molecule has 9 nitrogen and oxygen atoms in total. The van der Waals surface area contributed by atoms with Gasteiger partial charge in [0.15, 0.2) is 0 Å². The number of nitrogens with zero attached hydrogens (tertiary/aromatic N) is 2. The Kier molecular flexibility index (Phi) is 8.04. The highest BCUT2D eigenvalue weighted by Gasteiger charge is 2.75. The number of aliphatic hydroxyl groups is 1. The molecule has 3 fully saturated rings. The molecule has 0 aliphatic carbocycles. The summed E-state index contributed by atoms with van der Waals surface area (Å²) in [6, 6.07) is 5.46. The highest BCUT2D eigenvalue weighted by Crippen LogP contribution is 2.59. The first-order valence-corrected chi connectivity index (χ1v) is 12.8. The zero-order chi connectivity index (χ0) is 26.7. The van der Waals surface area contributed by atoms with Crippen LogP contribution in [0.5, 0.6) is 5.75 Å². The molecule has 3 heterocycles. The van der Waals surface area contributed by atoms with Crippen molar-refractivity contribution in [3.63, 3.8) is 0 Å². The van der Waals surface area contributed by atoms with E-state index in [0.29, 0.717) is 37.1 Å². The molecule has 4 rings (SSSR count). The summed E-state index contributed by atoms with van der Waals surface area (Å²) in [6.45, 7) is 9.38. The van der Waals surface area contributed by atoms with E-state index in [1.807, 2.05) is 6.92 Å². The van der Waals surface area contributed by atoms with Gasteiger partial charge in [-0.25, -0.2) is 0 Å². The van der Waals surface area contributed by atoms with E-state index < -0.39 is 41.6 Å². The van der Waals surface area contributed by atoms with Crippen LogP contribution in [0, 0.1) is 11.8 Å². The fourth-order valence-electron chi connectivity index (χ4n) is 6.15. The molecule has 9 heteroatoms. The Balaban J connectivity index is 1.75. The number of esters is 1. The van der Waals surface area contributed by atoms with Crippen LogP contribution >= 0.6 is 0 Å². The second-order valence-corrected chi connectivity index (χ2v) is 9.73. The minimum Gasteiger partial charge on any atom is -0.497 e. The molecule has 0 aromatic heterocycles. The second-order valence-electron chi connectivity index (χ2n) is 9.73. The summed E-state index contributed by atoms with van der Waals surface area (Å²) in [5.41, 5.74) is -0.557. The van der Waals surface area contributed by atoms with Gasteiger partial charge in [0, 0.05) is 12.2 Å². The summed E-state index contributed by atoms with van der Waals surface area (Å²) in [4.78, 5) is 44.5. The zero-order valence-electron chi connectivity index (χ0n) is 21.5. The van der Waals surface area contributed by atoms with Gasteiger partial charge in [0.05, 0.1) is 44.3 Å². The molecule has 6 atom stereocenters. The van der Waals surface area contributed by atoms with Gasteiger partial charge in [-0.1, -0.05) is 19.1 Å². The van der Waals surface area contributed by atoms with E-state index in [1.165, 1.54) is 4.90 Å². The molecule has 1 aromatic carbocycles. The first-order chi connectivity index (χ1) is 17.9. The molecule has 1 N–H and O–H groups in total. The van der Waals surface area contributed by atoms with Gasteiger partial charge in [0.1, 0.15) is 17.4 Å². The van der Waals surface area contributed by atoms with Gasteiger partial charge >= 0.3 is 5.97 Å². The minimum atomic E-state index is -1.17. The molecule has 1 spiro atoms. The standard InChI is InChI=1S/C28H36N2O7/c1-5-8-16-36-27(34)22-21-13-14-28(37-21)23(22)25(32)30(18(7-3)17-31)24(28)26(33)29(15-6-2)19-9-11-20(35-4)12-10-19/h5-6,9-12,18,21-24,31H,1-2,7-8,13-17H2,3-4H3/t18-,21-,22+,23-,24?,28?/m0/s1. The highest BCUT2D eigenvalue weighted by molar-refractivity contribution is 6.04. The maximum Gasteiger partial charge on any atom is 0.312 e. The Morgan fingerprint density at radius 2 is 2.03 bits per heavy atom. The smallest absolute Gasteiger partial charge is 0.312 e. The van der Waals surface area contributed by atoms with Crippen molar-refractivity contribution in [3.8, 4) is 5.75 Å². The number of fused-ring (bicyclic) bond motifs is 1. The van der Waals surface area contributed by atoms with E-state index in [0.717, 1.165) is 0 Å². The number of hydrogen-bond acceptors (Lipinski definition) is 7. The van der Waals surface area contributed by atoms with Crippen LogP contribution in [0.1, 0.15) is 32.6 Å². The van der Waals surface area contributed by atoms with Crippen molar-refractivity contribution in [2.45, 2.75) is 56.4 Å². The third-order valence-corrected chi connectivity index (χ3v) is 7.85. The predicted molar refractivity (Wildman–Crippen MR) is 137 cm³/mol. The summed E-state index contributed by atoms with van der Waals surface area (Å²) in [7, 11) is 1.57. The lowest BCUT2D eigenvalue weighted by atomic mass is 9.70. The van der Waals surface area contributed by atoms with Crippen LogP contribution in [0.3, 0.4) is 0 Å². The largest absolute Gasteiger partial charge is 0.497 e. The monoisotopic (exact) mass is 512 g/mol. The molecule has 3 aliphatic heterocycles. The molecule has 0 saturated carbocycles. The number of rotatable bonds is 12. The van der Waals surface area contributed by atoms with Gasteiger partial charge in [-0.15, -0.1) is 13.2 Å². The summed E-state index contributed by atoms with van der Waals surface area (Å²) in [5, 5.41) is 10.2. The van der Waals surface area contributed by atoms with Crippen molar-refractivity contribution in [2.24, 2.45) is 11.8 Å². The quantitative estimate of drug-likeness (QED) is 0.261. The van der Waals surface area contributed by atoms with E-state index in [1.54, 1.807) is 48.4 Å². The molecular formula is C28H36N2O7. The number of likely N-dealkylation sites (tertiary alicyclic amines) is 1. The number of anilines is 1. The van der Waals surface area contributed by atoms with E-state index in [-0.39, 0.29) is 31.6 Å². The molecule has 37 heavy (non-hydrogen) atoms. The Labute approximate surface area is 217 Å². The molecule has 200 valence electrons. The summed E-state index contributed by atoms with van der Waals surface area (Å²) < 4.78 is 17.2. The predicted octanol–water partition coefficient (Wildman–Crippen LogP) is 2.48. The summed E-state index contributed by atoms with van der Waals surface area (Å²) in [5.74, 6) is -2.17. The molecular weight excluding hydrogens is 476 g/mol. The number of carbonyl (C=O) groups excluding carboxylic acids is 3. The molecule has 3 aliphatic rings. The van der Waals surface area contributed by atoms with Crippen LogP contribution in [0.25, 0.3) is 0 Å². The minimum absolute atomic E-state index is 0.171. The Morgan fingerprint density at radius 1 is 1.30 bits per heavy atom. The number of amides is 2. The van der Waals surface area contributed by atoms with Gasteiger partial charge in [-0.05, 0) is 49.9 Å². The topological polar surface area (TPSA) is 106 Å². The van der Waals surface area contributed by atoms with Crippen LogP contribution in [-0.4, -0.2) is 78.4 Å². The van der Waals surface area contributed by atoms with Crippen molar-refractivity contribution in [2.75, 3.05) is 31.8 Å². The Hall–Kier alpha value is -3.17. The van der Waals surface area contributed by atoms with Crippen molar-refractivity contribution in [1.82, 2.24) is 4.90 Å². The van der Waals surface area contributed by atoms with Gasteiger partial charge < -0.3 is 29.1 Å². The Morgan fingerprint density at radius 3 is 2.62 bits per heavy atom.